The van der Waals surface area contributed by atoms with Crippen LogP contribution in [0.25, 0.3) is 0 Å². The lowest BCUT2D eigenvalue weighted by Crippen LogP contribution is -2.29. The zero-order chi connectivity index (χ0) is 10.5. The van der Waals surface area contributed by atoms with E-state index >= 15 is 0 Å². The van der Waals surface area contributed by atoms with E-state index in [1.165, 1.54) is 35.2 Å². The highest BCUT2D eigenvalue weighted by molar-refractivity contribution is 9.10. The molecule has 4 heteroatoms. The minimum atomic E-state index is 0.689. The lowest BCUT2D eigenvalue weighted by Gasteiger charge is -2.15. The van der Waals surface area contributed by atoms with Gasteiger partial charge in [-0.3, -0.25) is 0 Å². The highest BCUT2D eigenvalue weighted by Crippen LogP contribution is 2.22. The second-order valence-electron chi connectivity index (χ2n) is 3.95. The number of halogens is 1. The Morgan fingerprint density at radius 2 is 2.40 bits per heavy atom. The Bertz CT molecular complexity index is 293. The van der Waals surface area contributed by atoms with Gasteiger partial charge in [-0.1, -0.05) is 0 Å². The third-order valence-corrected chi connectivity index (χ3v) is 4.74. The standard InChI is InChI=1S/C11H17BrN2S/c12-10-4-7-15-11(10)8-14-9-2-1-5-13-6-3-9/h4,7,9,13-14H,1-3,5-6,8H2. The molecule has 1 aromatic heterocycles. The predicted molar refractivity (Wildman–Crippen MR) is 69.4 cm³/mol. The van der Waals surface area contributed by atoms with Gasteiger partial charge in [-0.05, 0) is 59.7 Å². The number of hydrogen-bond acceptors (Lipinski definition) is 3. The fourth-order valence-electron chi connectivity index (χ4n) is 1.91. The van der Waals surface area contributed by atoms with Crippen LogP contribution >= 0.6 is 27.3 Å². The Kier molecular flexibility index (Phi) is 4.62. The van der Waals surface area contributed by atoms with Crippen molar-refractivity contribution in [2.24, 2.45) is 0 Å². The van der Waals surface area contributed by atoms with Crippen LogP contribution in [0.4, 0.5) is 0 Å². The summed E-state index contributed by atoms with van der Waals surface area (Å²) in [6.07, 6.45) is 3.85. The first kappa shape index (κ1) is 11.6. The molecule has 0 aliphatic carbocycles. The van der Waals surface area contributed by atoms with Crippen LogP contribution in [0.5, 0.6) is 0 Å². The summed E-state index contributed by atoms with van der Waals surface area (Å²) in [4.78, 5) is 1.41. The van der Waals surface area contributed by atoms with Gasteiger partial charge < -0.3 is 10.6 Å². The fourth-order valence-corrected chi connectivity index (χ4v) is 3.35. The molecule has 1 aromatic rings. The molecule has 1 aliphatic heterocycles. The minimum absolute atomic E-state index is 0.689. The summed E-state index contributed by atoms with van der Waals surface area (Å²) >= 11 is 5.38. The topological polar surface area (TPSA) is 24.1 Å². The molecule has 1 aliphatic rings. The molecule has 0 saturated carbocycles. The van der Waals surface area contributed by atoms with E-state index in [2.05, 4.69) is 38.0 Å². The molecule has 2 nitrogen and oxygen atoms in total. The van der Waals surface area contributed by atoms with Crippen LogP contribution in [-0.4, -0.2) is 19.1 Å². The minimum Gasteiger partial charge on any atom is -0.317 e. The van der Waals surface area contributed by atoms with Crippen LogP contribution in [0, 0.1) is 0 Å². The molecule has 1 atom stereocenters. The summed E-state index contributed by atoms with van der Waals surface area (Å²) in [5.41, 5.74) is 0. The SMILES string of the molecule is Brc1ccsc1CNC1CCCNCC1. The van der Waals surface area contributed by atoms with E-state index < -0.39 is 0 Å². The van der Waals surface area contributed by atoms with Crippen molar-refractivity contribution >= 4 is 27.3 Å². The third-order valence-electron chi connectivity index (χ3n) is 2.82. The van der Waals surface area contributed by atoms with Crippen molar-refractivity contribution < 1.29 is 0 Å². The summed E-state index contributed by atoms with van der Waals surface area (Å²) in [5, 5.41) is 9.22. The van der Waals surface area contributed by atoms with Crippen molar-refractivity contribution in [1.29, 1.82) is 0 Å². The van der Waals surface area contributed by atoms with Crippen molar-refractivity contribution in [2.75, 3.05) is 13.1 Å². The molecule has 15 heavy (non-hydrogen) atoms. The Labute approximate surface area is 104 Å². The van der Waals surface area contributed by atoms with E-state index in [9.17, 15) is 0 Å². The lowest BCUT2D eigenvalue weighted by molar-refractivity contribution is 0.470. The third kappa shape index (κ3) is 3.55. The van der Waals surface area contributed by atoms with E-state index in [4.69, 9.17) is 0 Å². The van der Waals surface area contributed by atoms with Crippen LogP contribution in [0.1, 0.15) is 24.1 Å². The van der Waals surface area contributed by atoms with E-state index in [-0.39, 0.29) is 0 Å². The summed E-state index contributed by atoms with van der Waals surface area (Å²) in [6.45, 7) is 3.34. The molecule has 1 unspecified atom stereocenters. The van der Waals surface area contributed by atoms with Crippen molar-refractivity contribution in [3.05, 3.63) is 20.8 Å². The van der Waals surface area contributed by atoms with Gasteiger partial charge in [0.2, 0.25) is 0 Å². The largest absolute Gasteiger partial charge is 0.317 e. The molecular formula is C11H17BrN2S. The molecule has 2 N–H and O–H groups in total. The Hall–Kier alpha value is 0.1000. The van der Waals surface area contributed by atoms with Gasteiger partial charge in [-0.15, -0.1) is 11.3 Å². The van der Waals surface area contributed by atoms with Gasteiger partial charge in [0.15, 0.2) is 0 Å². The zero-order valence-electron chi connectivity index (χ0n) is 8.76. The second-order valence-corrected chi connectivity index (χ2v) is 5.81. The molecule has 84 valence electrons. The van der Waals surface area contributed by atoms with Gasteiger partial charge in [0.25, 0.3) is 0 Å². The second kappa shape index (κ2) is 5.99. The van der Waals surface area contributed by atoms with Crippen LogP contribution in [0.15, 0.2) is 15.9 Å². The van der Waals surface area contributed by atoms with Crippen molar-refractivity contribution in [2.45, 2.75) is 31.8 Å². The number of thiophene rings is 1. The van der Waals surface area contributed by atoms with E-state index in [0.717, 1.165) is 13.1 Å². The molecule has 2 rings (SSSR count). The van der Waals surface area contributed by atoms with Gasteiger partial charge in [0, 0.05) is 21.9 Å². The summed E-state index contributed by atoms with van der Waals surface area (Å²) in [6, 6.07) is 2.81. The first-order valence-corrected chi connectivity index (χ1v) is 7.19. The number of hydrogen-bond donors (Lipinski definition) is 2. The first-order valence-electron chi connectivity index (χ1n) is 5.52. The Morgan fingerprint density at radius 3 is 3.20 bits per heavy atom. The average Bonchev–Trinajstić information content (AvgIpc) is 2.53. The molecule has 1 saturated heterocycles. The predicted octanol–water partition coefficient (Wildman–Crippen LogP) is 2.74. The van der Waals surface area contributed by atoms with Gasteiger partial charge >= 0.3 is 0 Å². The molecular weight excluding hydrogens is 272 g/mol. The zero-order valence-corrected chi connectivity index (χ0v) is 11.2. The molecule has 0 aromatic carbocycles. The quantitative estimate of drug-likeness (QED) is 0.894. The molecule has 0 bridgehead atoms. The van der Waals surface area contributed by atoms with E-state index in [1.54, 1.807) is 0 Å². The maximum absolute atomic E-state index is 3.65. The van der Waals surface area contributed by atoms with Crippen molar-refractivity contribution in [3.63, 3.8) is 0 Å². The van der Waals surface area contributed by atoms with Crippen LogP contribution < -0.4 is 10.6 Å². The lowest BCUT2D eigenvalue weighted by atomic mass is 10.1. The maximum Gasteiger partial charge on any atom is 0.0327 e. The highest BCUT2D eigenvalue weighted by atomic mass is 79.9. The average molecular weight is 289 g/mol. The van der Waals surface area contributed by atoms with Gasteiger partial charge in [-0.25, -0.2) is 0 Å². The molecule has 0 radical (unpaired) electrons. The normalized spacial score (nSPS) is 22.6. The van der Waals surface area contributed by atoms with Crippen LogP contribution in [0.3, 0.4) is 0 Å². The number of rotatable bonds is 3. The monoisotopic (exact) mass is 288 g/mol. The molecule has 0 amide bonds. The maximum atomic E-state index is 3.65. The van der Waals surface area contributed by atoms with E-state index in [0.29, 0.717) is 6.04 Å². The van der Waals surface area contributed by atoms with Crippen LogP contribution in [-0.2, 0) is 6.54 Å². The highest BCUT2D eigenvalue weighted by Gasteiger charge is 2.11. The van der Waals surface area contributed by atoms with Crippen molar-refractivity contribution in [3.8, 4) is 0 Å². The fraction of sp³-hybridized carbons (Fsp3) is 0.636. The summed E-state index contributed by atoms with van der Waals surface area (Å²) < 4.78 is 1.24. The number of nitrogens with one attached hydrogen (secondary N) is 2. The summed E-state index contributed by atoms with van der Waals surface area (Å²) in [7, 11) is 0. The summed E-state index contributed by atoms with van der Waals surface area (Å²) in [5.74, 6) is 0. The molecule has 0 spiro atoms. The van der Waals surface area contributed by atoms with Gasteiger partial charge in [-0.2, -0.15) is 0 Å². The Morgan fingerprint density at radius 1 is 1.47 bits per heavy atom. The van der Waals surface area contributed by atoms with E-state index in [1.807, 2.05) is 11.3 Å². The van der Waals surface area contributed by atoms with Gasteiger partial charge in [0.1, 0.15) is 0 Å². The van der Waals surface area contributed by atoms with Crippen LogP contribution in [0.2, 0.25) is 0 Å². The molecule has 1 fully saturated rings. The Balaban J connectivity index is 1.79. The first-order chi connectivity index (χ1) is 7.36. The van der Waals surface area contributed by atoms with Crippen molar-refractivity contribution in [1.82, 2.24) is 10.6 Å². The smallest absolute Gasteiger partial charge is 0.0327 e. The molecule has 2 heterocycles. The van der Waals surface area contributed by atoms with Gasteiger partial charge in [0.05, 0.1) is 0 Å².